The Balaban J connectivity index is 1.69. The van der Waals surface area contributed by atoms with Crippen molar-refractivity contribution < 1.29 is 14.3 Å². The first kappa shape index (κ1) is 19.5. The quantitative estimate of drug-likeness (QED) is 0.580. The highest BCUT2D eigenvalue weighted by atomic mass is 16.5. The summed E-state index contributed by atoms with van der Waals surface area (Å²) in [6, 6.07) is 23.0. The number of hydrogen-bond acceptors (Lipinski definition) is 3. The molecule has 0 aliphatic carbocycles. The minimum Gasteiger partial charge on any atom is -0.493 e. The van der Waals surface area contributed by atoms with Gasteiger partial charge in [-0.05, 0) is 47.4 Å². The average molecular weight is 375 g/mol. The molecule has 3 rings (SSSR count). The summed E-state index contributed by atoms with van der Waals surface area (Å²) in [5.74, 6) is 1.39. The van der Waals surface area contributed by atoms with Crippen LogP contribution in [0.2, 0.25) is 0 Å². The standard InChI is InChI=1S/C24H25NO3/c1-17(2)19-9-12-21(13-10-19)25-24(26)20-11-14-22(23(15-20)27-3)28-16-18-7-5-4-6-8-18/h4-15,17H,16H2,1-3H3,(H,25,26). The number of anilines is 1. The number of ether oxygens (including phenoxy) is 2. The van der Waals surface area contributed by atoms with Crippen LogP contribution in [0, 0.1) is 0 Å². The van der Waals surface area contributed by atoms with Crippen LogP contribution < -0.4 is 14.8 Å². The molecule has 0 spiro atoms. The van der Waals surface area contributed by atoms with Crippen molar-refractivity contribution in [3.63, 3.8) is 0 Å². The second kappa shape index (κ2) is 9.09. The Labute approximate surface area is 166 Å². The molecule has 1 N–H and O–H groups in total. The van der Waals surface area contributed by atoms with E-state index in [-0.39, 0.29) is 5.91 Å². The van der Waals surface area contributed by atoms with Crippen LogP contribution in [0.1, 0.15) is 41.3 Å². The summed E-state index contributed by atoms with van der Waals surface area (Å²) in [6.07, 6.45) is 0. The lowest BCUT2D eigenvalue weighted by Gasteiger charge is -2.13. The van der Waals surface area contributed by atoms with E-state index in [1.807, 2.05) is 54.6 Å². The minimum absolute atomic E-state index is 0.190. The van der Waals surface area contributed by atoms with Crippen molar-refractivity contribution in [1.29, 1.82) is 0 Å². The third-order valence-electron chi connectivity index (χ3n) is 4.50. The fourth-order valence-corrected chi connectivity index (χ4v) is 2.82. The van der Waals surface area contributed by atoms with Gasteiger partial charge in [-0.3, -0.25) is 4.79 Å². The van der Waals surface area contributed by atoms with Gasteiger partial charge in [-0.15, -0.1) is 0 Å². The SMILES string of the molecule is COc1cc(C(=O)Nc2ccc(C(C)C)cc2)ccc1OCc1ccccc1. The number of carbonyl (C=O) groups is 1. The Kier molecular flexibility index (Phi) is 6.33. The molecule has 0 aliphatic rings. The van der Waals surface area contributed by atoms with Crippen LogP contribution in [-0.4, -0.2) is 13.0 Å². The van der Waals surface area contributed by atoms with E-state index in [9.17, 15) is 4.79 Å². The summed E-state index contributed by atoms with van der Waals surface area (Å²) in [4.78, 5) is 12.6. The van der Waals surface area contributed by atoms with Crippen LogP contribution in [0.3, 0.4) is 0 Å². The van der Waals surface area contributed by atoms with Crippen molar-refractivity contribution >= 4 is 11.6 Å². The summed E-state index contributed by atoms with van der Waals surface area (Å²) in [7, 11) is 1.57. The third kappa shape index (κ3) is 4.92. The predicted molar refractivity (Wildman–Crippen MR) is 112 cm³/mol. The maximum Gasteiger partial charge on any atom is 0.255 e. The minimum atomic E-state index is -0.190. The molecule has 144 valence electrons. The Morgan fingerprint density at radius 3 is 2.29 bits per heavy atom. The second-order valence-corrected chi connectivity index (χ2v) is 6.87. The van der Waals surface area contributed by atoms with Gasteiger partial charge in [-0.25, -0.2) is 0 Å². The van der Waals surface area contributed by atoms with Gasteiger partial charge in [0.2, 0.25) is 0 Å². The van der Waals surface area contributed by atoms with Gasteiger partial charge in [0.05, 0.1) is 7.11 Å². The largest absolute Gasteiger partial charge is 0.493 e. The summed E-state index contributed by atoms with van der Waals surface area (Å²) in [5.41, 5.74) is 3.57. The number of methoxy groups -OCH3 is 1. The van der Waals surface area contributed by atoms with E-state index >= 15 is 0 Å². The van der Waals surface area contributed by atoms with E-state index in [0.29, 0.717) is 29.6 Å². The number of benzene rings is 3. The van der Waals surface area contributed by atoms with Gasteiger partial charge in [-0.1, -0.05) is 56.3 Å². The number of rotatable bonds is 7. The summed E-state index contributed by atoms with van der Waals surface area (Å²) < 4.78 is 11.3. The zero-order chi connectivity index (χ0) is 19.9. The Bertz CT molecular complexity index is 918. The third-order valence-corrected chi connectivity index (χ3v) is 4.50. The monoisotopic (exact) mass is 375 g/mol. The zero-order valence-electron chi connectivity index (χ0n) is 16.4. The molecule has 4 heteroatoms. The summed E-state index contributed by atoms with van der Waals surface area (Å²) in [6.45, 7) is 4.72. The van der Waals surface area contributed by atoms with Gasteiger partial charge in [0, 0.05) is 11.3 Å². The van der Waals surface area contributed by atoms with E-state index in [1.165, 1.54) is 5.56 Å². The van der Waals surface area contributed by atoms with Crippen molar-refractivity contribution in [2.75, 3.05) is 12.4 Å². The molecule has 0 aliphatic heterocycles. The normalized spacial score (nSPS) is 10.6. The van der Waals surface area contributed by atoms with E-state index in [1.54, 1.807) is 25.3 Å². The van der Waals surface area contributed by atoms with Crippen LogP contribution in [-0.2, 0) is 6.61 Å². The van der Waals surface area contributed by atoms with E-state index in [0.717, 1.165) is 11.3 Å². The molecule has 0 saturated carbocycles. The molecule has 0 fully saturated rings. The Morgan fingerprint density at radius 2 is 1.64 bits per heavy atom. The lowest BCUT2D eigenvalue weighted by molar-refractivity contribution is 0.102. The highest BCUT2D eigenvalue weighted by Gasteiger charge is 2.12. The zero-order valence-corrected chi connectivity index (χ0v) is 16.4. The molecule has 0 heterocycles. The lowest BCUT2D eigenvalue weighted by Crippen LogP contribution is -2.12. The van der Waals surface area contributed by atoms with Crippen molar-refractivity contribution in [2.45, 2.75) is 26.4 Å². The van der Waals surface area contributed by atoms with Crippen molar-refractivity contribution in [3.05, 3.63) is 89.5 Å². The summed E-state index contributed by atoms with van der Waals surface area (Å²) in [5, 5.41) is 2.92. The molecule has 0 unspecified atom stereocenters. The molecule has 0 aromatic heterocycles. The maximum atomic E-state index is 12.6. The molecular weight excluding hydrogens is 350 g/mol. The highest BCUT2D eigenvalue weighted by Crippen LogP contribution is 2.29. The molecule has 0 atom stereocenters. The van der Waals surface area contributed by atoms with Crippen LogP contribution in [0.5, 0.6) is 11.5 Å². The van der Waals surface area contributed by atoms with Crippen LogP contribution in [0.25, 0.3) is 0 Å². The number of nitrogens with one attached hydrogen (secondary N) is 1. The first-order valence-electron chi connectivity index (χ1n) is 9.33. The number of hydrogen-bond donors (Lipinski definition) is 1. The first-order valence-corrected chi connectivity index (χ1v) is 9.33. The molecule has 3 aromatic rings. The Hall–Kier alpha value is -3.27. The smallest absolute Gasteiger partial charge is 0.255 e. The van der Waals surface area contributed by atoms with Crippen molar-refractivity contribution in [2.24, 2.45) is 0 Å². The molecule has 0 bridgehead atoms. The molecule has 4 nitrogen and oxygen atoms in total. The predicted octanol–water partition coefficient (Wildman–Crippen LogP) is 5.65. The van der Waals surface area contributed by atoms with Gasteiger partial charge in [0.15, 0.2) is 11.5 Å². The molecule has 0 radical (unpaired) electrons. The topological polar surface area (TPSA) is 47.6 Å². The lowest BCUT2D eigenvalue weighted by atomic mass is 10.0. The fraction of sp³-hybridized carbons (Fsp3) is 0.208. The highest BCUT2D eigenvalue weighted by molar-refractivity contribution is 6.04. The van der Waals surface area contributed by atoms with Crippen molar-refractivity contribution in [1.82, 2.24) is 0 Å². The first-order chi connectivity index (χ1) is 13.6. The van der Waals surface area contributed by atoms with E-state index in [4.69, 9.17) is 9.47 Å². The number of carbonyl (C=O) groups excluding carboxylic acids is 1. The molecular formula is C24H25NO3. The van der Waals surface area contributed by atoms with Gasteiger partial charge >= 0.3 is 0 Å². The maximum absolute atomic E-state index is 12.6. The van der Waals surface area contributed by atoms with Crippen molar-refractivity contribution in [3.8, 4) is 11.5 Å². The fourth-order valence-electron chi connectivity index (χ4n) is 2.82. The van der Waals surface area contributed by atoms with Gasteiger partial charge in [0.25, 0.3) is 5.91 Å². The average Bonchev–Trinajstić information content (AvgIpc) is 2.73. The van der Waals surface area contributed by atoms with E-state index in [2.05, 4.69) is 19.2 Å². The Morgan fingerprint density at radius 1 is 0.929 bits per heavy atom. The van der Waals surface area contributed by atoms with Gasteiger partial charge in [-0.2, -0.15) is 0 Å². The van der Waals surface area contributed by atoms with Crippen LogP contribution in [0.15, 0.2) is 72.8 Å². The molecule has 1 amide bonds. The van der Waals surface area contributed by atoms with Crippen LogP contribution in [0.4, 0.5) is 5.69 Å². The van der Waals surface area contributed by atoms with Gasteiger partial charge < -0.3 is 14.8 Å². The van der Waals surface area contributed by atoms with Gasteiger partial charge in [0.1, 0.15) is 6.61 Å². The number of amides is 1. The molecule has 3 aromatic carbocycles. The van der Waals surface area contributed by atoms with Crippen LogP contribution >= 0.6 is 0 Å². The molecule has 28 heavy (non-hydrogen) atoms. The van der Waals surface area contributed by atoms with E-state index < -0.39 is 0 Å². The second-order valence-electron chi connectivity index (χ2n) is 6.87. The summed E-state index contributed by atoms with van der Waals surface area (Å²) >= 11 is 0. The molecule has 0 saturated heterocycles.